The van der Waals surface area contributed by atoms with E-state index in [0.29, 0.717) is 11.4 Å². The number of anilines is 1. The van der Waals surface area contributed by atoms with Crippen molar-refractivity contribution in [1.82, 2.24) is 10.3 Å². The van der Waals surface area contributed by atoms with Gasteiger partial charge in [-0.25, -0.2) is 4.98 Å². The Morgan fingerprint density at radius 3 is 2.52 bits per heavy atom. The van der Waals surface area contributed by atoms with Gasteiger partial charge in [-0.2, -0.15) is 0 Å². The first-order valence-corrected chi connectivity index (χ1v) is 8.09. The van der Waals surface area contributed by atoms with Crippen LogP contribution in [-0.2, 0) is 0 Å². The zero-order chi connectivity index (χ0) is 16.8. The van der Waals surface area contributed by atoms with Crippen molar-refractivity contribution in [1.29, 1.82) is 0 Å². The van der Waals surface area contributed by atoms with Crippen LogP contribution in [-0.4, -0.2) is 37.7 Å². The molecule has 0 radical (unpaired) electrons. The molecule has 0 aliphatic heterocycles. The Hall–Kier alpha value is -2.28. The molecule has 6 nitrogen and oxygen atoms in total. The van der Waals surface area contributed by atoms with Gasteiger partial charge in [0.05, 0.1) is 19.3 Å². The van der Waals surface area contributed by atoms with Crippen molar-refractivity contribution in [2.75, 3.05) is 26.0 Å². The highest BCUT2D eigenvalue weighted by Gasteiger charge is 2.15. The van der Waals surface area contributed by atoms with Crippen LogP contribution in [0.15, 0.2) is 24.3 Å². The molecule has 1 atom stereocenters. The van der Waals surface area contributed by atoms with Crippen molar-refractivity contribution in [3.8, 4) is 11.5 Å². The van der Waals surface area contributed by atoms with Crippen LogP contribution in [0.5, 0.6) is 11.5 Å². The fraction of sp³-hybridized carbons (Fsp3) is 0.375. The Morgan fingerprint density at radius 1 is 1.30 bits per heavy atom. The lowest BCUT2D eigenvalue weighted by molar-refractivity contribution is 0.0935. The molecule has 2 N–H and O–H groups in total. The molecule has 0 bridgehead atoms. The molecule has 124 valence electrons. The van der Waals surface area contributed by atoms with E-state index in [1.165, 1.54) is 11.3 Å². The van der Waals surface area contributed by atoms with Gasteiger partial charge in [0.2, 0.25) is 0 Å². The standard InChI is InChI=1S/C16H21N3O3S/c1-10(22-13-7-5-12(21-4)6-8-13)9-18-15(20)14-11(2)19-16(17-3)23-14/h5-8,10H,9H2,1-4H3,(H,17,19)(H,18,20)/t10-/m1/s1. The van der Waals surface area contributed by atoms with Gasteiger partial charge in [-0.15, -0.1) is 0 Å². The maximum absolute atomic E-state index is 12.2. The number of aromatic nitrogens is 1. The van der Waals surface area contributed by atoms with Crippen LogP contribution in [0.25, 0.3) is 0 Å². The fourth-order valence-corrected chi connectivity index (χ4v) is 2.80. The van der Waals surface area contributed by atoms with Crippen molar-refractivity contribution in [3.63, 3.8) is 0 Å². The Balaban J connectivity index is 1.86. The van der Waals surface area contributed by atoms with E-state index >= 15 is 0 Å². The molecule has 1 aromatic carbocycles. The number of rotatable bonds is 7. The maximum Gasteiger partial charge on any atom is 0.263 e. The van der Waals surface area contributed by atoms with Crippen molar-refractivity contribution >= 4 is 22.4 Å². The van der Waals surface area contributed by atoms with Crippen LogP contribution in [0.3, 0.4) is 0 Å². The van der Waals surface area contributed by atoms with E-state index < -0.39 is 0 Å². The first-order valence-electron chi connectivity index (χ1n) is 7.27. The van der Waals surface area contributed by atoms with Crippen molar-refractivity contribution < 1.29 is 14.3 Å². The van der Waals surface area contributed by atoms with Gasteiger partial charge in [-0.3, -0.25) is 4.79 Å². The fourth-order valence-electron chi connectivity index (χ4n) is 1.96. The third-order valence-corrected chi connectivity index (χ3v) is 4.34. The zero-order valence-electron chi connectivity index (χ0n) is 13.7. The smallest absolute Gasteiger partial charge is 0.263 e. The highest BCUT2D eigenvalue weighted by molar-refractivity contribution is 7.17. The van der Waals surface area contributed by atoms with Crippen LogP contribution in [0.1, 0.15) is 22.3 Å². The van der Waals surface area contributed by atoms with Crippen LogP contribution < -0.4 is 20.1 Å². The van der Waals surface area contributed by atoms with E-state index in [-0.39, 0.29) is 12.0 Å². The van der Waals surface area contributed by atoms with E-state index in [4.69, 9.17) is 9.47 Å². The van der Waals surface area contributed by atoms with Gasteiger partial charge >= 0.3 is 0 Å². The minimum absolute atomic E-state index is 0.133. The van der Waals surface area contributed by atoms with Gasteiger partial charge in [0.25, 0.3) is 5.91 Å². The normalized spacial score (nSPS) is 11.7. The third kappa shape index (κ3) is 4.59. The monoisotopic (exact) mass is 335 g/mol. The number of amides is 1. The van der Waals surface area contributed by atoms with Gasteiger partial charge in [-0.1, -0.05) is 11.3 Å². The number of ether oxygens (including phenoxy) is 2. The average Bonchev–Trinajstić information content (AvgIpc) is 2.94. The second-order valence-corrected chi connectivity index (χ2v) is 6.00. The van der Waals surface area contributed by atoms with Crippen molar-refractivity contribution in [2.45, 2.75) is 20.0 Å². The summed E-state index contributed by atoms with van der Waals surface area (Å²) in [6.07, 6.45) is -0.149. The molecule has 0 unspecified atom stereocenters. The van der Waals surface area contributed by atoms with Crippen LogP contribution >= 0.6 is 11.3 Å². The summed E-state index contributed by atoms with van der Waals surface area (Å²) in [5.41, 5.74) is 0.723. The molecule has 0 aliphatic carbocycles. The Labute approximate surface area is 139 Å². The SMILES string of the molecule is CNc1nc(C)c(C(=O)NC[C@@H](C)Oc2ccc(OC)cc2)s1. The zero-order valence-corrected chi connectivity index (χ0v) is 14.5. The van der Waals surface area contributed by atoms with Crippen molar-refractivity contribution in [2.24, 2.45) is 0 Å². The largest absolute Gasteiger partial charge is 0.497 e. The second-order valence-electron chi connectivity index (χ2n) is 5.00. The van der Waals surface area contributed by atoms with E-state index in [2.05, 4.69) is 15.6 Å². The number of carbonyl (C=O) groups excluding carboxylic acids is 1. The molecule has 1 heterocycles. The Bertz CT molecular complexity index is 655. The van der Waals surface area contributed by atoms with Crippen molar-refractivity contribution in [3.05, 3.63) is 34.8 Å². The lowest BCUT2D eigenvalue weighted by Crippen LogP contribution is -2.33. The molecule has 0 aliphatic rings. The molecule has 0 saturated carbocycles. The summed E-state index contributed by atoms with van der Waals surface area (Å²) in [4.78, 5) is 17.1. The van der Waals surface area contributed by atoms with E-state index in [1.54, 1.807) is 14.2 Å². The Kier molecular flexibility index (Phi) is 5.81. The summed E-state index contributed by atoms with van der Waals surface area (Å²) in [5.74, 6) is 1.38. The molecule has 23 heavy (non-hydrogen) atoms. The number of nitrogens with one attached hydrogen (secondary N) is 2. The molecule has 1 aromatic heterocycles. The molecule has 7 heteroatoms. The second kappa shape index (κ2) is 7.82. The highest BCUT2D eigenvalue weighted by Crippen LogP contribution is 2.22. The molecular formula is C16H21N3O3S. The van der Waals surface area contributed by atoms with Gasteiger partial charge in [0.1, 0.15) is 22.5 Å². The quantitative estimate of drug-likeness (QED) is 0.814. The number of thiazole rings is 1. The molecule has 2 rings (SSSR count). The first-order chi connectivity index (χ1) is 11.0. The maximum atomic E-state index is 12.2. The van der Waals surface area contributed by atoms with Gasteiger partial charge in [0.15, 0.2) is 5.13 Å². The topological polar surface area (TPSA) is 72.5 Å². The molecule has 0 spiro atoms. The summed E-state index contributed by atoms with van der Waals surface area (Å²) in [6.45, 7) is 4.14. The van der Waals surface area contributed by atoms with Crippen LogP contribution in [0.2, 0.25) is 0 Å². The van der Waals surface area contributed by atoms with Crippen LogP contribution in [0.4, 0.5) is 5.13 Å². The number of hydrogen-bond acceptors (Lipinski definition) is 6. The Morgan fingerprint density at radius 2 is 1.96 bits per heavy atom. The number of aryl methyl sites for hydroxylation is 1. The van der Waals surface area contributed by atoms with E-state index in [0.717, 1.165) is 22.3 Å². The lowest BCUT2D eigenvalue weighted by Gasteiger charge is -2.15. The predicted octanol–water partition coefficient (Wildman–Crippen LogP) is 2.70. The first kappa shape index (κ1) is 17.1. The minimum Gasteiger partial charge on any atom is -0.497 e. The number of carbonyl (C=O) groups is 1. The van der Waals surface area contributed by atoms with Gasteiger partial charge < -0.3 is 20.1 Å². The molecule has 0 saturated heterocycles. The third-order valence-electron chi connectivity index (χ3n) is 3.16. The summed E-state index contributed by atoms with van der Waals surface area (Å²) >= 11 is 1.34. The molecule has 1 amide bonds. The summed E-state index contributed by atoms with van der Waals surface area (Å²) in [7, 11) is 3.40. The number of hydrogen-bond donors (Lipinski definition) is 2. The number of nitrogens with zero attached hydrogens (tertiary/aromatic N) is 1. The molecular weight excluding hydrogens is 314 g/mol. The lowest BCUT2D eigenvalue weighted by atomic mass is 10.3. The number of benzene rings is 1. The van der Waals surface area contributed by atoms with E-state index in [9.17, 15) is 4.79 Å². The van der Waals surface area contributed by atoms with Gasteiger partial charge in [-0.05, 0) is 38.1 Å². The van der Waals surface area contributed by atoms with Gasteiger partial charge in [0, 0.05) is 7.05 Å². The summed E-state index contributed by atoms with van der Waals surface area (Å²) in [6, 6.07) is 7.34. The molecule has 2 aromatic rings. The highest BCUT2D eigenvalue weighted by atomic mass is 32.1. The summed E-state index contributed by atoms with van der Waals surface area (Å²) in [5, 5.41) is 6.55. The predicted molar refractivity (Wildman–Crippen MR) is 91.8 cm³/mol. The van der Waals surface area contributed by atoms with Crippen LogP contribution in [0, 0.1) is 6.92 Å². The van der Waals surface area contributed by atoms with E-state index in [1.807, 2.05) is 38.1 Å². The average molecular weight is 335 g/mol. The summed E-state index contributed by atoms with van der Waals surface area (Å²) < 4.78 is 10.9. The molecule has 0 fully saturated rings. The minimum atomic E-state index is -0.149. The number of methoxy groups -OCH3 is 1.